The van der Waals surface area contributed by atoms with Gasteiger partial charge < -0.3 is 15.1 Å². The molecule has 2 N–H and O–H groups in total. The van der Waals surface area contributed by atoms with E-state index in [1.54, 1.807) is 45.0 Å². The van der Waals surface area contributed by atoms with Gasteiger partial charge in [-0.25, -0.2) is 0 Å². The zero-order chi connectivity index (χ0) is 28.5. The van der Waals surface area contributed by atoms with E-state index < -0.39 is 29.1 Å². The molecule has 0 aliphatic carbocycles. The second-order valence-electron chi connectivity index (χ2n) is 11.1. The van der Waals surface area contributed by atoms with E-state index in [4.69, 9.17) is 28.2 Å². The highest BCUT2D eigenvalue weighted by Gasteiger charge is 2.52. The first-order valence-corrected chi connectivity index (χ1v) is 13.8. The Hall–Kier alpha value is -2.93. The fourth-order valence-corrected chi connectivity index (χ4v) is 6.07. The van der Waals surface area contributed by atoms with Gasteiger partial charge in [0.15, 0.2) is 0 Å². The summed E-state index contributed by atoms with van der Waals surface area (Å²) in [5.41, 5.74) is 0.594. The average molecular weight is 570 g/mol. The van der Waals surface area contributed by atoms with Crippen LogP contribution in [0.15, 0.2) is 66.7 Å². The van der Waals surface area contributed by atoms with Crippen molar-refractivity contribution in [2.45, 2.75) is 70.6 Å². The largest absolute Gasteiger partial charge is 0.481 e. The number of carbonyl (C=O) groups is 2. The Bertz CT molecular complexity index is 1360. The third kappa shape index (κ3) is 6.13. The Kier molecular flexibility index (Phi) is 8.41. The van der Waals surface area contributed by atoms with Crippen LogP contribution in [0.2, 0.25) is 10.0 Å². The predicted octanol–water partition coefficient (Wildman–Crippen LogP) is 7.31. The van der Waals surface area contributed by atoms with Crippen LogP contribution in [0.25, 0.3) is 0 Å². The highest BCUT2D eigenvalue weighted by Crippen LogP contribution is 2.54. The molecule has 0 saturated carbocycles. The molecule has 6 nitrogen and oxygen atoms in total. The van der Waals surface area contributed by atoms with Crippen LogP contribution in [0.4, 0.5) is 0 Å². The van der Waals surface area contributed by atoms with E-state index in [1.807, 2.05) is 54.3 Å². The van der Waals surface area contributed by atoms with Gasteiger partial charge in [0.2, 0.25) is 5.91 Å². The predicted molar refractivity (Wildman–Crippen MR) is 153 cm³/mol. The number of aromatic nitrogens is 1. The number of aliphatic carboxylic acids is 1. The van der Waals surface area contributed by atoms with Gasteiger partial charge >= 0.3 is 5.97 Å². The van der Waals surface area contributed by atoms with Crippen molar-refractivity contribution < 1.29 is 19.8 Å². The number of piperidine rings is 1. The first kappa shape index (κ1) is 29.1. The fourth-order valence-electron chi connectivity index (χ4n) is 5.75. The normalized spacial score (nSPS) is 22.5. The highest BCUT2D eigenvalue weighted by molar-refractivity contribution is 6.30. The molecular weight excluding hydrogens is 535 g/mol. The van der Waals surface area contributed by atoms with E-state index in [1.165, 1.54) is 0 Å². The number of hydrogen-bond donors (Lipinski definition) is 2. The molecule has 1 saturated heterocycles. The molecule has 0 spiro atoms. The number of carboxylic acids is 1. The van der Waals surface area contributed by atoms with E-state index >= 15 is 0 Å². The number of benzene rings is 2. The van der Waals surface area contributed by atoms with Crippen LogP contribution in [0, 0.1) is 5.41 Å². The zero-order valence-electron chi connectivity index (χ0n) is 22.6. The lowest BCUT2D eigenvalue weighted by molar-refractivity contribution is -0.161. The molecule has 1 unspecified atom stereocenters. The molecule has 0 bridgehead atoms. The second kappa shape index (κ2) is 11.3. The molecule has 206 valence electrons. The molecule has 39 heavy (non-hydrogen) atoms. The monoisotopic (exact) mass is 568 g/mol. The summed E-state index contributed by atoms with van der Waals surface area (Å²) in [6.07, 6.45) is 0.555. The summed E-state index contributed by atoms with van der Waals surface area (Å²) < 4.78 is 0. The molecule has 1 amide bonds. The number of pyridine rings is 1. The van der Waals surface area contributed by atoms with E-state index in [-0.39, 0.29) is 18.2 Å². The number of amides is 1. The third-order valence-electron chi connectivity index (χ3n) is 7.59. The number of rotatable bonds is 8. The molecule has 0 radical (unpaired) electrons. The van der Waals surface area contributed by atoms with Crippen molar-refractivity contribution in [3.8, 4) is 0 Å². The number of aliphatic hydroxyl groups is 1. The lowest BCUT2D eigenvalue weighted by Crippen LogP contribution is -2.53. The molecule has 1 aromatic heterocycles. The van der Waals surface area contributed by atoms with Crippen molar-refractivity contribution in [3.63, 3.8) is 0 Å². The minimum absolute atomic E-state index is 0.245. The van der Waals surface area contributed by atoms with Crippen LogP contribution in [0.5, 0.6) is 0 Å². The summed E-state index contributed by atoms with van der Waals surface area (Å²) in [7, 11) is 0. The van der Waals surface area contributed by atoms with Crippen LogP contribution >= 0.6 is 23.2 Å². The number of likely N-dealkylation sites (tertiary alicyclic amines) is 1. The average Bonchev–Trinajstić information content (AvgIpc) is 2.87. The van der Waals surface area contributed by atoms with Crippen molar-refractivity contribution in [3.05, 3.63) is 99.3 Å². The highest BCUT2D eigenvalue weighted by atomic mass is 35.5. The molecule has 3 aromatic rings. The van der Waals surface area contributed by atoms with E-state index in [0.717, 1.165) is 11.1 Å². The number of nitrogens with zero attached hydrogens (tertiary/aromatic N) is 2. The Balaban J connectivity index is 1.97. The Morgan fingerprint density at radius 3 is 2.33 bits per heavy atom. The summed E-state index contributed by atoms with van der Waals surface area (Å²) in [6.45, 7) is 7.05. The fraction of sp³-hybridized carbons (Fsp3) is 0.387. The molecule has 1 fully saturated rings. The molecule has 2 heterocycles. The van der Waals surface area contributed by atoms with Gasteiger partial charge in [-0.2, -0.15) is 0 Å². The molecule has 1 aliphatic heterocycles. The standard InChI is InChI=1S/C31H34Cl2N2O4/c1-5-25(24-10-7-11-26(34-24)30(2,3)39)35-28(19-12-14-21(32)15-13-19)23(20-8-6-9-22(33)16-20)17-31(4,29(35)38)18-27(36)37/h6-16,23,25,28,39H,5,17-18H2,1-4H3,(H,36,37)/t23-,25?,28-,31-/m1/s1. The summed E-state index contributed by atoms with van der Waals surface area (Å²) in [4.78, 5) is 33.1. The molecule has 1 aliphatic rings. The summed E-state index contributed by atoms with van der Waals surface area (Å²) >= 11 is 12.7. The maximum atomic E-state index is 14.5. The number of carbonyl (C=O) groups excluding carboxylic acids is 1. The van der Waals surface area contributed by atoms with Gasteiger partial charge in [-0.15, -0.1) is 0 Å². The van der Waals surface area contributed by atoms with Gasteiger partial charge in [0.25, 0.3) is 0 Å². The first-order valence-electron chi connectivity index (χ1n) is 13.1. The lowest BCUT2D eigenvalue weighted by atomic mass is 9.67. The van der Waals surface area contributed by atoms with E-state index in [2.05, 4.69) is 0 Å². The summed E-state index contributed by atoms with van der Waals surface area (Å²) in [5.74, 6) is -1.53. The smallest absolute Gasteiger partial charge is 0.304 e. The van der Waals surface area contributed by atoms with Gasteiger partial charge in [-0.1, -0.05) is 67.4 Å². The Morgan fingerprint density at radius 1 is 1.08 bits per heavy atom. The van der Waals surface area contributed by atoms with Crippen molar-refractivity contribution in [2.24, 2.45) is 5.41 Å². The molecule has 4 rings (SSSR count). The maximum Gasteiger partial charge on any atom is 0.304 e. The van der Waals surface area contributed by atoms with Gasteiger partial charge in [0.1, 0.15) is 5.60 Å². The summed E-state index contributed by atoms with van der Waals surface area (Å²) in [5, 5.41) is 21.6. The van der Waals surface area contributed by atoms with Crippen LogP contribution in [0.1, 0.15) is 87.5 Å². The van der Waals surface area contributed by atoms with E-state index in [9.17, 15) is 19.8 Å². The Labute approximate surface area is 239 Å². The molecule has 4 atom stereocenters. The molecule has 2 aromatic carbocycles. The molecule has 8 heteroatoms. The van der Waals surface area contributed by atoms with Crippen molar-refractivity contribution in [1.29, 1.82) is 0 Å². The number of hydrogen-bond acceptors (Lipinski definition) is 4. The van der Waals surface area contributed by atoms with Gasteiger partial charge in [-0.3, -0.25) is 14.6 Å². The Morgan fingerprint density at radius 2 is 1.74 bits per heavy atom. The van der Waals surface area contributed by atoms with Gasteiger partial charge in [-0.05, 0) is 74.2 Å². The van der Waals surface area contributed by atoms with Gasteiger partial charge in [0, 0.05) is 16.0 Å². The number of halogens is 2. The zero-order valence-corrected chi connectivity index (χ0v) is 24.1. The van der Waals surface area contributed by atoms with Crippen molar-refractivity contribution in [1.82, 2.24) is 9.88 Å². The number of carboxylic acid groups (broad SMARTS) is 1. The maximum absolute atomic E-state index is 14.5. The minimum Gasteiger partial charge on any atom is -0.481 e. The third-order valence-corrected chi connectivity index (χ3v) is 8.08. The topological polar surface area (TPSA) is 90.7 Å². The SMILES string of the molecule is CCC(c1cccc(C(C)(C)O)n1)N1C(=O)[C@@](C)(CC(=O)O)C[C@H](c2cccc(Cl)c2)[C@H]1c1ccc(Cl)cc1. The van der Waals surface area contributed by atoms with Crippen LogP contribution in [0.3, 0.4) is 0 Å². The molecular formula is C31H34Cl2N2O4. The van der Waals surface area contributed by atoms with Crippen molar-refractivity contribution in [2.75, 3.05) is 0 Å². The van der Waals surface area contributed by atoms with Crippen molar-refractivity contribution >= 4 is 35.1 Å². The van der Waals surface area contributed by atoms with Gasteiger partial charge in [0.05, 0.1) is 35.3 Å². The van der Waals surface area contributed by atoms with Crippen LogP contribution in [-0.2, 0) is 15.2 Å². The quantitative estimate of drug-likeness (QED) is 0.297. The second-order valence-corrected chi connectivity index (χ2v) is 12.0. The van der Waals surface area contributed by atoms with E-state index in [0.29, 0.717) is 34.3 Å². The minimum atomic E-state index is -1.17. The lowest BCUT2D eigenvalue weighted by Gasteiger charge is -2.51. The van der Waals surface area contributed by atoms with Crippen LogP contribution in [-0.4, -0.2) is 32.0 Å². The summed E-state index contributed by atoms with van der Waals surface area (Å²) in [6, 6.07) is 19.5. The first-order chi connectivity index (χ1) is 18.3. The van der Waals surface area contributed by atoms with Crippen LogP contribution < -0.4 is 0 Å².